The summed E-state index contributed by atoms with van der Waals surface area (Å²) in [5.74, 6) is 3.68. The molecule has 0 spiro atoms. The van der Waals surface area contributed by atoms with Gasteiger partial charge in [0.15, 0.2) is 0 Å². The van der Waals surface area contributed by atoms with Crippen molar-refractivity contribution in [3.63, 3.8) is 0 Å². The van der Waals surface area contributed by atoms with E-state index in [1.54, 1.807) is 6.07 Å². The first-order valence-electron chi connectivity index (χ1n) is 7.95. The second kappa shape index (κ2) is 5.13. The fourth-order valence-corrected chi connectivity index (χ4v) is 5.64. The molecule has 4 heteroatoms. The van der Waals surface area contributed by atoms with Gasteiger partial charge in [0, 0.05) is 12.5 Å². The Kier molecular flexibility index (Phi) is 3.50. The maximum atomic E-state index is 10.9. The second-order valence-electron chi connectivity index (χ2n) is 7.07. The average molecular weight is 326 g/mol. The lowest BCUT2D eigenvalue weighted by Gasteiger charge is -2.24. The van der Waals surface area contributed by atoms with E-state index in [-0.39, 0.29) is 12.0 Å². The maximum Gasteiger partial charge on any atom is 0.0654 e. The standard InChI is InChI=1S/C17H21Cl2NO/c18-12-4-3-8(6-13(12)19)11(7-20)17(21)16-14-9-1-2-10(5-9)15(14)16/h3-4,6,9-11,14-17,21H,1-2,5,7,20H2. The summed E-state index contributed by atoms with van der Waals surface area (Å²) in [5.41, 5.74) is 6.97. The highest BCUT2D eigenvalue weighted by atomic mass is 35.5. The van der Waals surface area contributed by atoms with E-state index in [0.717, 1.165) is 29.2 Å². The van der Waals surface area contributed by atoms with E-state index in [1.165, 1.54) is 19.3 Å². The molecule has 6 unspecified atom stereocenters. The first-order valence-corrected chi connectivity index (χ1v) is 8.70. The molecule has 4 rings (SSSR count). The van der Waals surface area contributed by atoms with E-state index in [1.807, 2.05) is 12.1 Å². The number of aliphatic hydroxyl groups is 1. The Bertz CT molecular complexity index is 548. The molecule has 6 atom stereocenters. The van der Waals surface area contributed by atoms with Gasteiger partial charge in [0.1, 0.15) is 0 Å². The summed E-state index contributed by atoms with van der Waals surface area (Å²) >= 11 is 12.1. The van der Waals surface area contributed by atoms with Crippen LogP contribution in [0.2, 0.25) is 10.0 Å². The van der Waals surface area contributed by atoms with E-state index in [0.29, 0.717) is 22.5 Å². The number of fused-ring (bicyclic) bond motifs is 5. The van der Waals surface area contributed by atoms with Crippen LogP contribution >= 0.6 is 23.2 Å². The van der Waals surface area contributed by atoms with Crippen molar-refractivity contribution in [3.8, 4) is 0 Å². The number of hydrogen-bond donors (Lipinski definition) is 2. The molecule has 3 aliphatic rings. The normalized spacial score (nSPS) is 39.1. The van der Waals surface area contributed by atoms with Crippen molar-refractivity contribution in [2.45, 2.75) is 31.3 Å². The number of nitrogens with two attached hydrogens (primary N) is 1. The summed E-state index contributed by atoms with van der Waals surface area (Å²) in [6, 6.07) is 5.60. The van der Waals surface area contributed by atoms with E-state index in [2.05, 4.69) is 0 Å². The highest BCUT2D eigenvalue weighted by Gasteiger charge is 2.67. The Morgan fingerprint density at radius 3 is 2.38 bits per heavy atom. The van der Waals surface area contributed by atoms with Gasteiger partial charge in [-0.15, -0.1) is 0 Å². The third-order valence-electron chi connectivity index (χ3n) is 6.23. The van der Waals surface area contributed by atoms with E-state index in [4.69, 9.17) is 28.9 Å². The highest BCUT2D eigenvalue weighted by Crippen LogP contribution is 2.71. The van der Waals surface area contributed by atoms with E-state index in [9.17, 15) is 5.11 Å². The van der Waals surface area contributed by atoms with Gasteiger partial charge >= 0.3 is 0 Å². The molecule has 3 aliphatic carbocycles. The SMILES string of the molecule is NCC(c1ccc(Cl)c(Cl)c1)C(O)C1C2C3CCC(C3)C21. The fourth-order valence-electron chi connectivity index (χ4n) is 5.33. The molecule has 114 valence electrons. The fraction of sp³-hybridized carbons (Fsp3) is 0.647. The molecule has 3 saturated carbocycles. The molecule has 0 radical (unpaired) electrons. The van der Waals surface area contributed by atoms with Gasteiger partial charge in [-0.05, 0) is 66.5 Å². The molecule has 0 heterocycles. The molecule has 0 aromatic heterocycles. The summed E-state index contributed by atoms with van der Waals surface area (Å²) < 4.78 is 0. The Morgan fingerprint density at radius 1 is 1.14 bits per heavy atom. The minimum Gasteiger partial charge on any atom is -0.392 e. The van der Waals surface area contributed by atoms with Crippen molar-refractivity contribution >= 4 is 23.2 Å². The van der Waals surface area contributed by atoms with Crippen LogP contribution in [0.1, 0.15) is 30.7 Å². The lowest BCUT2D eigenvalue weighted by Crippen LogP contribution is -2.29. The molecule has 1 aromatic rings. The molecule has 0 aliphatic heterocycles. The van der Waals surface area contributed by atoms with Crippen molar-refractivity contribution < 1.29 is 5.11 Å². The molecule has 0 amide bonds. The van der Waals surface area contributed by atoms with Crippen LogP contribution in [0.15, 0.2) is 18.2 Å². The third kappa shape index (κ3) is 2.15. The van der Waals surface area contributed by atoms with Crippen LogP contribution in [-0.4, -0.2) is 17.8 Å². The Balaban J connectivity index is 1.55. The highest BCUT2D eigenvalue weighted by molar-refractivity contribution is 6.42. The largest absolute Gasteiger partial charge is 0.392 e. The van der Waals surface area contributed by atoms with Crippen LogP contribution in [0, 0.1) is 29.6 Å². The molecular formula is C17H21Cl2NO. The van der Waals surface area contributed by atoms with Gasteiger partial charge < -0.3 is 10.8 Å². The van der Waals surface area contributed by atoms with Crippen molar-refractivity contribution in [2.24, 2.45) is 35.3 Å². The van der Waals surface area contributed by atoms with Crippen LogP contribution in [0.3, 0.4) is 0 Å². The van der Waals surface area contributed by atoms with Gasteiger partial charge in [-0.3, -0.25) is 0 Å². The average Bonchev–Trinajstić information content (AvgIpc) is 2.91. The van der Waals surface area contributed by atoms with Crippen LogP contribution in [0.4, 0.5) is 0 Å². The molecule has 3 fully saturated rings. The zero-order chi connectivity index (χ0) is 14.7. The zero-order valence-electron chi connectivity index (χ0n) is 11.9. The topological polar surface area (TPSA) is 46.2 Å². The smallest absolute Gasteiger partial charge is 0.0654 e. The Hall–Kier alpha value is -0.280. The lowest BCUT2D eigenvalue weighted by atomic mass is 9.87. The van der Waals surface area contributed by atoms with Crippen LogP contribution in [0.5, 0.6) is 0 Å². The molecular weight excluding hydrogens is 305 g/mol. The van der Waals surface area contributed by atoms with Gasteiger partial charge in [0.05, 0.1) is 16.1 Å². The molecule has 3 N–H and O–H groups in total. The quantitative estimate of drug-likeness (QED) is 0.886. The summed E-state index contributed by atoms with van der Waals surface area (Å²) in [6.45, 7) is 0.449. The molecule has 21 heavy (non-hydrogen) atoms. The van der Waals surface area contributed by atoms with Crippen LogP contribution in [0.25, 0.3) is 0 Å². The van der Waals surface area contributed by atoms with Gasteiger partial charge in [0.25, 0.3) is 0 Å². The van der Waals surface area contributed by atoms with Crippen molar-refractivity contribution in [2.75, 3.05) is 6.54 Å². The Morgan fingerprint density at radius 2 is 1.81 bits per heavy atom. The van der Waals surface area contributed by atoms with Crippen LogP contribution < -0.4 is 5.73 Å². The van der Waals surface area contributed by atoms with Gasteiger partial charge in [-0.2, -0.15) is 0 Å². The van der Waals surface area contributed by atoms with E-state index >= 15 is 0 Å². The molecule has 2 nitrogen and oxygen atoms in total. The van der Waals surface area contributed by atoms with Crippen molar-refractivity contribution in [1.29, 1.82) is 0 Å². The third-order valence-corrected chi connectivity index (χ3v) is 6.97. The predicted octanol–water partition coefficient (Wildman–Crippen LogP) is 3.69. The number of rotatable bonds is 4. The van der Waals surface area contributed by atoms with Gasteiger partial charge in [0.2, 0.25) is 0 Å². The maximum absolute atomic E-state index is 10.9. The molecule has 1 aromatic carbocycles. The second-order valence-corrected chi connectivity index (χ2v) is 7.89. The molecule has 2 bridgehead atoms. The summed E-state index contributed by atoms with van der Waals surface area (Å²) in [6.07, 6.45) is 3.80. The summed E-state index contributed by atoms with van der Waals surface area (Å²) in [7, 11) is 0. The number of aliphatic hydroxyl groups excluding tert-OH is 1. The van der Waals surface area contributed by atoms with Crippen molar-refractivity contribution in [1.82, 2.24) is 0 Å². The monoisotopic (exact) mass is 325 g/mol. The number of benzene rings is 1. The van der Waals surface area contributed by atoms with E-state index < -0.39 is 0 Å². The minimum atomic E-state index is -0.342. The lowest BCUT2D eigenvalue weighted by molar-refractivity contribution is 0.102. The summed E-state index contributed by atoms with van der Waals surface area (Å²) in [5, 5.41) is 12.0. The molecule has 0 saturated heterocycles. The summed E-state index contributed by atoms with van der Waals surface area (Å²) in [4.78, 5) is 0. The zero-order valence-corrected chi connectivity index (χ0v) is 13.4. The van der Waals surface area contributed by atoms with Crippen LogP contribution in [-0.2, 0) is 0 Å². The number of halogens is 2. The Labute approximate surface area is 135 Å². The first-order chi connectivity index (χ1) is 10.1. The number of hydrogen-bond acceptors (Lipinski definition) is 2. The van der Waals surface area contributed by atoms with Crippen molar-refractivity contribution in [3.05, 3.63) is 33.8 Å². The minimum absolute atomic E-state index is 0.0326. The predicted molar refractivity (Wildman–Crippen MR) is 85.6 cm³/mol. The first kappa shape index (κ1) is 14.3. The van der Waals surface area contributed by atoms with Gasteiger partial charge in [-0.1, -0.05) is 29.3 Å². The van der Waals surface area contributed by atoms with Gasteiger partial charge in [-0.25, -0.2) is 0 Å².